The van der Waals surface area contributed by atoms with E-state index in [9.17, 15) is 4.21 Å². The van der Waals surface area contributed by atoms with Gasteiger partial charge in [0.25, 0.3) is 0 Å². The second-order valence-electron chi connectivity index (χ2n) is 8.89. The number of nitrogens with zero attached hydrogens (tertiary/aromatic N) is 6. The fourth-order valence-corrected chi connectivity index (χ4v) is 7.12. The average molecular weight is 630 g/mol. The largest absolute Gasteiger partial charge is 0.396 e. The summed E-state index contributed by atoms with van der Waals surface area (Å²) in [6.07, 6.45) is 6.98. The summed E-state index contributed by atoms with van der Waals surface area (Å²) in [7, 11) is 2.53. The van der Waals surface area contributed by atoms with Gasteiger partial charge in [-0.25, -0.2) is 19.9 Å². The van der Waals surface area contributed by atoms with Crippen LogP contribution in [0.5, 0.6) is 0 Å². The van der Waals surface area contributed by atoms with Gasteiger partial charge in [-0.1, -0.05) is 38.7 Å². The molecular formula is C32H35N7OS3. The molecule has 1 unspecified atom stereocenters. The van der Waals surface area contributed by atoms with Crippen LogP contribution in [0, 0.1) is 0 Å². The Bertz CT molecular complexity index is 1790. The van der Waals surface area contributed by atoms with Gasteiger partial charge in [0.05, 0.1) is 34.6 Å². The molecule has 0 aliphatic rings. The van der Waals surface area contributed by atoms with E-state index in [0.29, 0.717) is 17.4 Å². The number of pyridine rings is 1. The Labute approximate surface area is 263 Å². The van der Waals surface area contributed by atoms with Crippen molar-refractivity contribution in [3.8, 4) is 22.0 Å². The molecule has 0 fully saturated rings. The van der Waals surface area contributed by atoms with Crippen molar-refractivity contribution in [1.29, 1.82) is 0 Å². The zero-order valence-electron chi connectivity index (χ0n) is 25.1. The number of fused-ring (bicyclic) bond motifs is 1. The molecule has 4 aromatic heterocycles. The maximum Gasteiger partial charge on any atom is 0.141 e. The number of anilines is 1. The highest BCUT2D eigenvalue weighted by atomic mass is 32.2. The minimum atomic E-state index is -1.12. The highest BCUT2D eigenvalue weighted by molar-refractivity contribution is 7.87. The summed E-state index contributed by atoms with van der Waals surface area (Å²) >= 11 is 2.98. The molecule has 4 aromatic rings. The molecule has 222 valence electrons. The summed E-state index contributed by atoms with van der Waals surface area (Å²) in [5, 5.41) is 3.65. The second kappa shape index (κ2) is 18.3. The van der Waals surface area contributed by atoms with Gasteiger partial charge in [0, 0.05) is 54.2 Å². The number of rotatable bonds is 8. The second-order valence-corrected chi connectivity index (χ2v) is 12.5. The quantitative estimate of drug-likeness (QED) is 0.160. The molecule has 1 atom stereocenters. The lowest BCUT2D eigenvalue weighted by Crippen LogP contribution is -2.02. The van der Waals surface area contributed by atoms with E-state index in [4.69, 9.17) is 10.7 Å². The van der Waals surface area contributed by atoms with Gasteiger partial charge in [-0.2, -0.15) is 0 Å². The summed E-state index contributed by atoms with van der Waals surface area (Å²) in [4.78, 5) is 21.5. The minimum absolute atomic E-state index is 0.302. The molecule has 0 radical (unpaired) electrons. The third-order valence-corrected chi connectivity index (χ3v) is 9.39. The first kappa shape index (κ1) is 34.9. The Hall–Kier alpha value is -4.34. The molecule has 43 heavy (non-hydrogen) atoms. The molecule has 0 spiro atoms. The van der Waals surface area contributed by atoms with Crippen LogP contribution in [0.4, 0.5) is 5.69 Å². The molecule has 0 aliphatic carbocycles. The molecule has 0 saturated heterocycles. The van der Waals surface area contributed by atoms with Gasteiger partial charge >= 0.3 is 0 Å². The van der Waals surface area contributed by atoms with E-state index in [1.807, 2.05) is 24.7 Å². The summed E-state index contributed by atoms with van der Waals surface area (Å²) in [5.41, 5.74) is 21.9. The molecular weight excluding hydrogens is 595 g/mol. The first-order valence-corrected chi connectivity index (χ1v) is 16.2. The zero-order valence-corrected chi connectivity index (χ0v) is 27.5. The van der Waals surface area contributed by atoms with Crippen molar-refractivity contribution >= 4 is 62.0 Å². The molecule has 4 heterocycles. The van der Waals surface area contributed by atoms with Gasteiger partial charge in [0.15, 0.2) is 0 Å². The van der Waals surface area contributed by atoms with E-state index in [2.05, 4.69) is 99.7 Å². The van der Waals surface area contributed by atoms with Gasteiger partial charge in [0.2, 0.25) is 0 Å². The smallest absolute Gasteiger partial charge is 0.141 e. The lowest BCUT2D eigenvalue weighted by molar-refractivity contribution is 0.681. The average Bonchev–Trinajstić information content (AvgIpc) is 3.75. The summed E-state index contributed by atoms with van der Waals surface area (Å²) in [6.45, 7) is 16.0. The van der Waals surface area contributed by atoms with Crippen LogP contribution in [0.2, 0.25) is 0 Å². The number of imidazole rings is 1. The molecule has 8 nitrogen and oxygen atoms in total. The molecule has 0 saturated carbocycles. The number of hydrogen-bond acceptors (Lipinski definition) is 9. The molecule has 0 aliphatic heterocycles. The Morgan fingerprint density at radius 2 is 1.93 bits per heavy atom. The van der Waals surface area contributed by atoms with Crippen molar-refractivity contribution in [2.24, 2.45) is 17.0 Å². The first-order chi connectivity index (χ1) is 20.7. The third-order valence-electron chi connectivity index (χ3n) is 5.60. The number of aromatic nitrogens is 4. The van der Waals surface area contributed by atoms with Gasteiger partial charge in [-0.05, 0) is 49.6 Å². The number of aliphatic imine (C=N–C) groups is 2. The molecule has 0 amide bonds. The van der Waals surface area contributed by atoms with Crippen LogP contribution in [0.1, 0.15) is 45.4 Å². The lowest BCUT2D eigenvalue weighted by Gasteiger charge is -2.11. The fourth-order valence-electron chi connectivity index (χ4n) is 3.73. The molecule has 2 N–H and O–H groups in total. The van der Waals surface area contributed by atoms with Crippen LogP contribution in [-0.2, 0) is 17.8 Å². The first-order valence-electron chi connectivity index (χ1n) is 13.2. The molecule has 0 aromatic carbocycles. The van der Waals surface area contributed by atoms with Gasteiger partial charge in [-0.15, -0.1) is 22.7 Å². The molecule has 0 bridgehead atoms. The topological polar surface area (TPSA) is 111 Å². The number of thiazole rings is 1. The van der Waals surface area contributed by atoms with Gasteiger partial charge in [0.1, 0.15) is 25.6 Å². The summed E-state index contributed by atoms with van der Waals surface area (Å²) in [5.74, 6) is 4.39. The van der Waals surface area contributed by atoms with E-state index in [1.165, 1.54) is 17.5 Å². The number of thiophene rings is 1. The Morgan fingerprint density at radius 1 is 1.21 bits per heavy atom. The van der Waals surface area contributed by atoms with Crippen LogP contribution in [0.15, 0.2) is 86.0 Å². The highest BCUT2D eigenvalue weighted by Gasteiger charge is 2.23. The zero-order chi connectivity index (χ0) is 31.8. The van der Waals surface area contributed by atoms with Gasteiger partial charge < -0.3 is 10.3 Å². The Balaban J connectivity index is 0.000000417. The maximum absolute atomic E-state index is 12.9. The van der Waals surface area contributed by atoms with Crippen LogP contribution < -0.4 is 5.73 Å². The standard InChI is InChI=1S/C21H25N5OS3.C7H4.C4H6N2/c1-5-6-9-30(27)21-17(22)16-13(15-11-24-18(12(2)3)26(15)4)10-14(25-20(16)29-21)19-23-7-8-28-19;1-3-5-7-6-4-2;1-5-3-4-6-2/h7-8,10-12H,5-6,9,22H2,1-4H3;1-2H2;3H,1H2,2H3. The van der Waals surface area contributed by atoms with Crippen molar-refractivity contribution < 1.29 is 4.21 Å². The van der Waals surface area contributed by atoms with Crippen LogP contribution in [0.25, 0.3) is 32.2 Å². The number of nitrogen functional groups attached to an aromatic ring is 1. The van der Waals surface area contributed by atoms with E-state index < -0.39 is 10.8 Å². The van der Waals surface area contributed by atoms with E-state index in [-0.39, 0.29) is 0 Å². The maximum atomic E-state index is 12.9. The lowest BCUT2D eigenvalue weighted by atomic mass is 10.1. The molecule has 4 rings (SSSR count). The fraction of sp³-hybridized carbons (Fsp3) is 0.281. The van der Waals surface area contributed by atoms with Gasteiger partial charge in [-0.3, -0.25) is 9.20 Å². The predicted molar refractivity (Wildman–Crippen MR) is 184 cm³/mol. The van der Waals surface area contributed by atoms with Crippen LogP contribution >= 0.6 is 22.7 Å². The summed E-state index contributed by atoms with van der Waals surface area (Å²) in [6, 6.07) is 2.03. The van der Waals surface area contributed by atoms with Crippen LogP contribution in [-0.4, -0.2) is 49.1 Å². The van der Waals surface area contributed by atoms with Crippen molar-refractivity contribution in [1.82, 2.24) is 19.5 Å². The Morgan fingerprint density at radius 3 is 2.44 bits per heavy atom. The number of hydrogen-bond donors (Lipinski definition) is 1. The minimum Gasteiger partial charge on any atom is -0.396 e. The van der Waals surface area contributed by atoms with Crippen molar-refractivity contribution in [2.75, 3.05) is 18.5 Å². The predicted octanol–water partition coefficient (Wildman–Crippen LogP) is 7.51. The number of nitrogens with two attached hydrogens (primary N) is 1. The normalized spacial score (nSPS) is 10.3. The van der Waals surface area contributed by atoms with E-state index in [1.54, 1.807) is 24.6 Å². The third kappa shape index (κ3) is 9.59. The van der Waals surface area contributed by atoms with Crippen LogP contribution in [0.3, 0.4) is 0 Å². The Kier molecular flexibility index (Phi) is 14.8. The SMILES string of the molecule is C=C=C=C=C=C=C.C=NC=C=NC.CCCCS(=O)c1sc2nc(-c3nccs3)cc(-c3cnc(C(C)C)n3C)c2c1N. The van der Waals surface area contributed by atoms with Crippen molar-refractivity contribution in [3.63, 3.8) is 0 Å². The monoisotopic (exact) mass is 629 g/mol. The number of unbranched alkanes of at least 4 members (excludes halogenated alkanes) is 1. The molecule has 11 heteroatoms. The van der Waals surface area contributed by atoms with E-state index in [0.717, 1.165) is 55.1 Å². The summed E-state index contributed by atoms with van der Waals surface area (Å²) < 4.78 is 15.7. The highest BCUT2D eigenvalue weighted by Crippen LogP contribution is 2.43. The van der Waals surface area contributed by atoms with Crippen molar-refractivity contribution in [3.05, 3.63) is 77.7 Å². The van der Waals surface area contributed by atoms with E-state index >= 15 is 0 Å². The van der Waals surface area contributed by atoms with Crippen molar-refractivity contribution in [2.45, 2.75) is 43.7 Å².